The lowest BCUT2D eigenvalue weighted by molar-refractivity contribution is -0.246. The second-order valence-corrected chi connectivity index (χ2v) is 55.1. The molecule has 2 aliphatic heterocycles. The van der Waals surface area contributed by atoms with Crippen LogP contribution < -0.4 is 39.7 Å². The molecule has 690 valence electrons. The molecular weight excluding hydrogens is 1700 g/mol. The number of ether oxygens (including phenoxy) is 13. The third-order valence-electron chi connectivity index (χ3n) is 20.6. The average molecular weight is 1830 g/mol. The first-order chi connectivity index (χ1) is 59.8. The lowest BCUT2D eigenvalue weighted by Crippen LogP contribution is -2.67. The molecule has 2 saturated heterocycles. The van der Waals surface area contributed by atoms with Crippen LogP contribution in [-0.2, 0) is 61.4 Å². The van der Waals surface area contributed by atoms with Gasteiger partial charge in [0, 0.05) is 73.6 Å². The summed E-state index contributed by atoms with van der Waals surface area (Å²) in [5, 5.41) is 14.5. The van der Waals surface area contributed by atoms with Crippen LogP contribution in [0.25, 0.3) is 12.2 Å². The quantitative estimate of drug-likeness (QED) is 0.00936. The van der Waals surface area contributed by atoms with Crippen LogP contribution in [0.1, 0.15) is 137 Å². The molecule has 2 aliphatic rings. The summed E-state index contributed by atoms with van der Waals surface area (Å²) in [7, 11) is -3.22. The van der Waals surface area contributed by atoms with Crippen LogP contribution in [0.5, 0.6) is 23.0 Å². The fraction of sp³-hybridized carbons (Fsp3) is 0.442. The van der Waals surface area contributed by atoms with Gasteiger partial charge in [0.25, 0.3) is 16.6 Å². The van der Waals surface area contributed by atoms with E-state index >= 15 is 0 Å². The summed E-state index contributed by atoms with van der Waals surface area (Å²) < 4.78 is 151. The molecule has 2 heterocycles. The van der Waals surface area contributed by atoms with Crippen molar-refractivity contribution in [1.29, 1.82) is 0 Å². The molecule has 0 aliphatic carbocycles. The highest BCUT2D eigenvalue weighted by molar-refractivity contribution is 7.00. The average Bonchev–Trinajstić information content (AvgIpc) is 1.01. The van der Waals surface area contributed by atoms with E-state index < -0.39 is 122 Å². The van der Waals surface area contributed by atoms with Gasteiger partial charge in [-0.2, -0.15) is 9.88 Å². The molecule has 0 amide bonds. The Hall–Kier alpha value is -8.88. The minimum atomic E-state index is -3.21. The number of hydrogen-bond donors (Lipinski definition) is 1. The molecule has 7 aromatic carbocycles. The van der Waals surface area contributed by atoms with Gasteiger partial charge in [-0.15, -0.1) is 0 Å². The highest BCUT2D eigenvalue weighted by atomic mass is 28.4. The first kappa shape index (κ1) is 106. The fourth-order valence-electron chi connectivity index (χ4n) is 14.7. The molecule has 0 aromatic heterocycles. The van der Waals surface area contributed by atoms with E-state index in [9.17, 15) is 28.5 Å². The van der Waals surface area contributed by atoms with Crippen LogP contribution in [-0.4, -0.2) is 172 Å². The molecule has 7 aromatic rings. The van der Waals surface area contributed by atoms with Crippen LogP contribution in [0, 0.1) is 0 Å². The molecule has 1 N–H and O–H groups in total. The first-order valence-corrected chi connectivity index (χ1v) is 52.8. The maximum absolute atomic E-state index is 14.8. The first-order valence-electron chi connectivity index (χ1n) is 41.6. The summed E-state index contributed by atoms with van der Waals surface area (Å²) in [6.07, 6.45) is 6.92. The number of aliphatic hydroxyl groups is 1. The van der Waals surface area contributed by atoms with Crippen LogP contribution in [0.15, 0.2) is 212 Å². The van der Waals surface area contributed by atoms with Gasteiger partial charge in [0.05, 0.1) is 45.2 Å². The smallest absolute Gasteiger partial charge is 0.342 e. The summed E-state index contributed by atoms with van der Waals surface area (Å²) >= 11 is 0. The maximum Gasteiger partial charge on any atom is 0.342 e. The predicted molar refractivity (Wildman–Crippen MR) is 486 cm³/mol. The Kier molecular flexibility index (Phi) is 42.2. The van der Waals surface area contributed by atoms with Crippen molar-refractivity contribution in [2.75, 3.05) is 55.2 Å². The molecule has 31 heteroatoms. The third kappa shape index (κ3) is 30.7. The zero-order valence-electron chi connectivity index (χ0n) is 75.9. The van der Waals surface area contributed by atoms with Gasteiger partial charge in [0.2, 0.25) is 0 Å². The van der Waals surface area contributed by atoms with Gasteiger partial charge in [-0.05, 0) is 134 Å². The van der Waals surface area contributed by atoms with Crippen LogP contribution >= 0.6 is 0 Å². The van der Waals surface area contributed by atoms with Crippen LogP contribution in [0.4, 0.5) is 27.3 Å². The van der Waals surface area contributed by atoms with E-state index in [4.69, 9.17) is 88.7 Å². The number of esters is 3. The molecule has 0 radical (unpaired) electrons. The van der Waals surface area contributed by atoms with Gasteiger partial charge in [0.15, 0.2) is 37.7 Å². The summed E-state index contributed by atoms with van der Waals surface area (Å²) in [6, 6.07) is 56.6. The molecule has 4 unspecified atom stereocenters. The molecule has 0 saturated carbocycles. The van der Waals surface area contributed by atoms with Crippen molar-refractivity contribution in [3.05, 3.63) is 240 Å². The molecule has 0 spiro atoms. The monoisotopic (exact) mass is 1830 g/mol. The number of rotatable bonds is 42. The number of aliphatic hydroxyl groups excluding tert-OH is 1. The van der Waals surface area contributed by atoms with Crippen molar-refractivity contribution in [1.82, 2.24) is 0 Å². The Morgan fingerprint density at radius 2 is 0.810 bits per heavy atom. The Balaban J connectivity index is 0.000000377. The summed E-state index contributed by atoms with van der Waals surface area (Å²) in [5.74, 6) is -2.25. The van der Waals surface area contributed by atoms with Crippen LogP contribution in [0.3, 0.4) is 0 Å². The summed E-state index contributed by atoms with van der Waals surface area (Å²) in [6.45, 7) is 33.4. The van der Waals surface area contributed by atoms with E-state index in [1.165, 1.54) is 28.4 Å². The largest absolute Gasteiger partial charge is 0.497 e. The normalized spacial score (nSPS) is 17.5. The highest BCUT2D eigenvalue weighted by Crippen LogP contribution is 2.42. The van der Waals surface area contributed by atoms with Crippen molar-refractivity contribution in [2.24, 2.45) is 0 Å². The van der Waals surface area contributed by atoms with Gasteiger partial charge in [-0.25, -0.2) is 14.4 Å². The second kappa shape index (κ2) is 50.2. The minimum absolute atomic E-state index is 0.0257. The summed E-state index contributed by atoms with van der Waals surface area (Å²) in [5.41, 5.74) is 1.82. The van der Waals surface area contributed by atoms with Crippen molar-refractivity contribution < 1.29 is 127 Å². The third-order valence-corrected chi connectivity index (χ3v) is 34.0. The molecule has 8 atom stereocenters. The summed E-state index contributed by atoms with van der Waals surface area (Å²) in [4.78, 5) is 50.0. The van der Waals surface area contributed by atoms with Crippen LogP contribution in [0.2, 0.25) is 61.4 Å². The van der Waals surface area contributed by atoms with Gasteiger partial charge >= 0.3 is 17.9 Å². The van der Waals surface area contributed by atoms with E-state index in [0.717, 1.165) is 32.8 Å². The Bertz CT molecular complexity index is 4470. The van der Waals surface area contributed by atoms with E-state index in [-0.39, 0.29) is 62.1 Å². The lowest BCUT2D eigenvalue weighted by Gasteiger charge is -2.44. The topological polar surface area (TPSA) is 228 Å². The SMILES string of the molecule is COCOc1cc(OC)cc(/C=C/C[C@@H]2OC(C)(C)O[C@@H]2C(/C=C\CC(OF)O[Si](c2ccccc2)(c2ccccc2)C(C)(C)C)OC(=O)c2ccccc2)c1C(=O)OCC[Si](C)(C)C.COCOc1cc(OC)cc(/C=C/C[C@@H]2OC(C)(C)O[C@@H]2C(O)/C=C\CC(OF)O[Si](c2ccccc2)(c2ccccc2)C(C)(C)C)c1C(=O)OCC[Si](C)(C)C.FF.FF. The zero-order valence-corrected chi connectivity index (χ0v) is 79.9. The number of hydrogen-bond acceptors (Lipinski definition) is 21. The number of halogens is 6. The Labute approximate surface area is 742 Å². The minimum Gasteiger partial charge on any atom is -0.497 e. The number of carbonyl (C=O) groups is 3. The molecule has 0 bridgehead atoms. The fourth-order valence-corrected chi connectivity index (χ4v) is 25.2. The lowest BCUT2D eigenvalue weighted by atomic mass is 10.0. The maximum atomic E-state index is 14.8. The van der Waals surface area contributed by atoms with Gasteiger partial charge in [-0.1, -0.05) is 263 Å². The molecule has 2 fully saturated rings. The predicted octanol–water partition coefficient (Wildman–Crippen LogP) is 20.0. The van der Waals surface area contributed by atoms with Gasteiger partial charge < -0.3 is 75.5 Å². The zero-order chi connectivity index (χ0) is 93.1. The molecule has 21 nitrogen and oxygen atoms in total. The van der Waals surface area contributed by atoms with Crippen molar-refractivity contribution >= 4 is 83.6 Å². The number of methoxy groups -OCH3 is 4. The number of benzene rings is 7. The Morgan fingerprint density at radius 3 is 1.14 bits per heavy atom. The standard InChI is InChI=1S/C51H65FO11Si2.C44H61FO10Si2.2F2/c1-50(2,3)65(40-25-16-12-17-26-40,41-27-18-13-19-28-41)63-45(62-52)31-21-29-42(59-48(53)37-22-14-11-15-23-37)47-43(60-51(4,5)61-47)30-20-24-38-34-39(56-7)35-44(58-36-55-6)46(38)49(54)57-32-33-64(8,9)10;1-43(2,3)57(34-20-13-11-14-21-34,35-22-15-12-16-23-35)55-39(54-45)26-18-24-36(46)41-37(52-44(4,5)53-41)25-17-19-32-29-33(49-7)30-38(51-31-48-6)40(32)42(47)50-27-28-56(8,9)10;2*1-2/h11-29,34-35,42-43,45,47H,30-33,36H2,1-10H3;11-24,29-30,36-37,39,41,46H,25-28,31H2,1-10H3;;/b24-20+,29-21-;19-17+,24-18-;;/t42?,43-,45?,47+;36?,37-,39?,41+;;/m00../s1. The van der Waals surface area contributed by atoms with Crippen molar-refractivity contribution in [3.8, 4) is 23.0 Å². The van der Waals surface area contributed by atoms with E-state index in [2.05, 4.69) is 90.7 Å². The highest BCUT2D eigenvalue weighted by Gasteiger charge is 2.54. The second-order valence-electron chi connectivity index (χ2n) is 35.4. The molecule has 9 rings (SSSR count). The Morgan fingerprint density at radius 1 is 0.468 bits per heavy atom. The number of carbonyl (C=O) groups excluding carboxylic acids is 3. The molecule has 126 heavy (non-hydrogen) atoms. The van der Waals surface area contributed by atoms with E-state index in [1.807, 2.05) is 140 Å². The van der Waals surface area contributed by atoms with Crippen molar-refractivity contribution in [3.63, 3.8) is 0 Å². The van der Waals surface area contributed by atoms with Gasteiger partial charge in [-0.3, -0.25) is 0 Å². The van der Waals surface area contributed by atoms with Gasteiger partial charge in [0.1, 0.15) is 58.5 Å². The van der Waals surface area contributed by atoms with E-state index in [0.29, 0.717) is 41.2 Å². The molecular formula is C95H126F6O21Si4. The van der Waals surface area contributed by atoms with E-state index in [1.54, 1.807) is 113 Å². The van der Waals surface area contributed by atoms with Crippen molar-refractivity contribution in [2.45, 2.75) is 217 Å².